The molecule has 0 saturated carbocycles. The van der Waals surface area contributed by atoms with Gasteiger partial charge in [-0.25, -0.2) is 0 Å². The van der Waals surface area contributed by atoms with E-state index >= 15 is 0 Å². The molecule has 0 spiro atoms. The van der Waals surface area contributed by atoms with E-state index in [0.29, 0.717) is 5.92 Å². The molecule has 114 valence electrons. The van der Waals surface area contributed by atoms with Crippen molar-refractivity contribution in [3.05, 3.63) is 29.8 Å². The molecule has 5 heteroatoms. The zero-order chi connectivity index (χ0) is 14.8. The van der Waals surface area contributed by atoms with Crippen molar-refractivity contribution in [2.45, 2.75) is 16.9 Å². The van der Waals surface area contributed by atoms with Gasteiger partial charge in [0, 0.05) is 56.8 Å². The summed E-state index contributed by atoms with van der Waals surface area (Å²) in [6, 6.07) is 8.66. The molecule has 3 rings (SSSR count). The second-order valence-corrected chi connectivity index (χ2v) is 7.06. The van der Waals surface area contributed by atoms with E-state index in [4.69, 9.17) is 0 Å². The molecular weight excluding hydrogens is 282 g/mol. The highest BCUT2D eigenvalue weighted by Gasteiger charge is 2.33. The number of piperazine rings is 1. The molecule has 0 aromatic heterocycles. The Labute approximate surface area is 130 Å². The normalized spacial score (nSPS) is 25.6. The number of carbonyl (C=O) groups is 1. The zero-order valence-corrected chi connectivity index (χ0v) is 13.5. The van der Waals surface area contributed by atoms with Crippen LogP contribution in [0.1, 0.15) is 11.5 Å². The molecule has 1 aromatic carbocycles. The molecule has 21 heavy (non-hydrogen) atoms. The molecule has 1 amide bonds. The van der Waals surface area contributed by atoms with Crippen LogP contribution in [0.4, 0.5) is 0 Å². The maximum absolute atomic E-state index is 12.4. The van der Waals surface area contributed by atoms with Gasteiger partial charge in [0.05, 0.1) is 0 Å². The topological polar surface area (TPSA) is 35.6 Å². The molecule has 1 fully saturated rings. The van der Waals surface area contributed by atoms with Crippen molar-refractivity contribution in [2.75, 3.05) is 46.0 Å². The Hall–Kier alpha value is -1.04. The van der Waals surface area contributed by atoms with Gasteiger partial charge in [0.2, 0.25) is 5.91 Å². The predicted octanol–water partition coefficient (Wildman–Crippen LogP) is 1.24. The lowest BCUT2D eigenvalue weighted by Crippen LogP contribution is -2.58. The van der Waals surface area contributed by atoms with Crippen molar-refractivity contribution >= 4 is 17.7 Å². The Morgan fingerprint density at radius 3 is 3.05 bits per heavy atom. The van der Waals surface area contributed by atoms with Gasteiger partial charge in [0.25, 0.3) is 0 Å². The average molecular weight is 305 g/mol. The third-order valence-corrected chi connectivity index (χ3v) is 5.59. The van der Waals surface area contributed by atoms with E-state index in [1.165, 1.54) is 10.5 Å². The van der Waals surface area contributed by atoms with E-state index in [1.54, 1.807) is 4.90 Å². The van der Waals surface area contributed by atoms with Crippen LogP contribution in [0.25, 0.3) is 0 Å². The van der Waals surface area contributed by atoms with Crippen LogP contribution in [0.15, 0.2) is 29.2 Å². The van der Waals surface area contributed by atoms with Crippen molar-refractivity contribution in [3.8, 4) is 0 Å². The summed E-state index contributed by atoms with van der Waals surface area (Å²) in [4.78, 5) is 17.9. The number of hydrogen-bond acceptors (Lipinski definition) is 4. The van der Waals surface area contributed by atoms with Crippen LogP contribution < -0.4 is 5.32 Å². The second kappa shape index (κ2) is 6.38. The molecule has 2 atom stereocenters. The first kappa shape index (κ1) is 14.9. The minimum absolute atomic E-state index is 0.0217. The summed E-state index contributed by atoms with van der Waals surface area (Å²) in [5, 5.41) is 3.35. The van der Waals surface area contributed by atoms with Crippen LogP contribution in [0.2, 0.25) is 0 Å². The highest BCUT2D eigenvalue weighted by molar-refractivity contribution is 7.99. The first-order valence-electron chi connectivity index (χ1n) is 7.54. The summed E-state index contributed by atoms with van der Waals surface area (Å²) in [6.07, 6.45) is 0. The van der Waals surface area contributed by atoms with Gasteiger partial charge in [-0.15, -0.1) is 11.8 Å². The predicted molar refractivity (Wildman–Crippen MR) is 86.8 cm³/mol. The molecule has 2 aliphatic heterocycles. The molecule has 1 saturated heterocycles. The summed E-state index contributed by atoms with van der Waals surface area (Å²) in [5.74, 6) is 1.88. The molecule has 0 aliphatic carbocycles. The Balaban J connectivity index is 1.72. The van der Waals surface area contributed by atoms with E-state index < -0.39 is 0 Å². The number of nitrogens with one attached hydrogen (secondary N) is 1. The fourth-order valence-electron chi connectivity index (χ4n) is 3.17. The van der Waals surface area contributed by atoms with Gasteiger partial charge in [0.1, 0.15) is 6.04 Å². The van der Waals surface area contributed by atoms with Crippen LogP contribution >= 0.6 is 11.8 Å². The number of benzene rings is 1. The Kier molecular flexibility index (Phi) is 4.52. The Bertz CT molecular complexity index is 520. The third kappa shape index (κ3) is 3.10. The highest BCUT2D eigenvalue weighted by atomic mass is 32.2. The van der Waals surface area contributed by atoms with Crippen molar-refractivity contribution < 1.29 is 4.79 Å². The molecule has 0 radical (unpaired) electrons. The van der Waals surface area contributed by atoms with Crippen molar-refractivity contribution in [3.63, 3.8) is 0 Å². The van der Waals surface area contributed by atoms with Gasteiger partial charge < -0.3 is 10.2 Å². The standard InChI is InChI=1S/C16H23N3OS/c1-18(2)16(20)14-9-17-7-8-19(14)10-12-11-21-15-6-4-3-5-13(12)15/h3-6,12,14,17H,7-11H2,1-2H3. The lowest BCUT2D eigenvalue weighted by molar-refractivity contribution is -0.135. The number of thioether (sulfide) groups is 1. The highest BCUT2D eigenvalue weighted by Crippen LogP contribution is 2.39. The van der Waals surface area contributed by atoms with Crippen molar-refractivity contribution in [1.82, 2.24) is 15.1 Å². The Morgan fingerprint density at radius 2 is 2.24 bits per heavy atom. The van der Waals surface area contributed by atoms with Gasteiger partial charge in [-0.05, 0) is 11.6 Å². The van der Waals surface area contributed by atoms with Crippen molar-refractivity contribution in [1.29, 1.82) is 0 Å². The van der Waals surface area contributed by atoms with Gasteiger partial charge in [-0.2, -0.15) is 0 Å². The van der Waals surface area contributed by atoms with E-state index in [2.05, 4.69) is 34.5 Å². The molecule has 1 aromatic rings. The summed E-state index contributed by atoms with van der Waals surface area (Å²) in [5.41, 5.74) is 1.46. The lowest BCUT2D eigenvalue weighted by Gasteiger charge is -2.37. The average Bonchev–Trinajstić information content (AvgIpc) is 2.90. The molecular formula is C16H23N3OS. The minimum Gasteiger partial charge on any atom is -0.347 e. The maximum Gasteiger partial charge on any atom is 0.240 e. The SMILES string of the molecule is CN(C)C(=O)C1CNCCN1CC1CSc2ccccc21. The monoisotopic (exact) mass is 305 g/mol. The number of carbonyl (C=O) groups excluding carboxylic acids is 1. The molecule has 4 nitrogen and oxygen atoms in total. The number of rotatable bonds is 3. The van der Waals surface area contributed by atoms with Gasteiger partial charge in [-0.1, -0.05) is 18.2 Å². The summed E-state index contributed by atoms with van der Waals surface area (Å²) >= 11 is 1.94. The van der Waals surface area contributed by atoms with Crippen molar-refractivity contribution in [2.24, 2.45) is 0 Å². The first-order valence-corrected chi connectivity index (χ1v) is 8.53. The number of likely N-dealkylation sites (N-methyl/N-ethyl adjacent to an activating group) is 1. The van der Waals surface area contributed by atoms with Gasteiger partial charge in [0.15, 0.2) is 0 Å². The van der Waals surface area contributed by atoms with Gasteiger partial charge >= 0.3 is 0 Å². The van der Waals surface area contributed by atoms with E-state index in [-0.39, 0.29) is 11.9 Å². The largest absolute Gasteiger partial charge is 0.347 e. The van der Waals surface area contributed by atoms with Gasteiger partial charge in [-0.3, -0.25) is 9.69 Å². The molecule has 1 N–H and O–H groups in total. The summed E-state index contributed by atoms with van der Waals surface area (Å²) in [6.45, 7) is 3.67. The smallest absolute Gasteiger partial charge is 0.240 e. The second-order valence-electron chi connectivity index (χ2n) is 5.99. The summed E-state index contributed by atoms with van der Waals surface area (Å²) < 4.78 is 0. The zero-order valence-electron chi connectivity index (χ0n) is 12.7. The molecule has 2 unspecified atom stereocenters. The van der Waals surface area contributed by atoms with Crippen LogP contribution in [0, 0.1) is 0 Å². The van der Waals surface area contributed by atoms with E-state index in [0.717, 1.165) is 31.9 Å². The number of fused-ring (bicyclic) bond motifs is 1. The first-order chi connectivity index (χ1) is 10.2. The molecule has 2 heterocycles. The Morgan fingerprint density at radius 1 is 1.43 bits per heavy atom. The van der Waals surface area contributed by atoms with E-state index in [1.807, 2.05) is 25.9 Å². The lowest BCUT2D eigenvalue weighted by atomic mass is 9.99. The number of nitrogens with zero attached hydrogens (tertiary/aromatic N) is 2. The number of hydrogen-bond donors (Lipinski definition) is 1. The van der Waals surface area contributed by atoms with Crippen LogP contribution in [-0.2, 0) is 4.79 Å². The maximum atomic E-state index is 12.4. The molecule has 0 bridgehead atoms. The fraction of sp³-hybridized carbons (Fsp3) is 0.562. The van der Waals surface area contributed by atoms with E-state index in [9.17, 15) is 4.79 Å². The van der Waals surface area contributed by atoms with Crippen LogP contribution in [0.3, 0.4) is 0 Å². The fourth-order valence-corrected chi connectivity index (χ4v) is 4.41. The summed E-state index contributed by atoms with van der Waals surface area (Å²) in [7, 11) is 3.69. The minimum atomic E-state index is -0.0217. The van der Waals surface area contributed by atoms with Crippen LogP contribution in [-0.4, -0.2) is 67.8 Å². The quantitative estimate of drug-likeness (QED) is 0.911. The number of amides is 1. The third-order valence-electron chi connectivity index (χ3n) is 4.33. The molecule has 2 aliphatic rings. The van der Waals surface area contributed by atoms with Crippen LogP contribution in [0.5, 0.6) is 0 Å².